The number of hydrogen-bond acceptors (Lipinski definition) is 3. The standard InChI is InChI=1S/C21H33N3O2.HI/c1-3-22-20(23-15-17(25)13-16-9-6-5-7-10-16)24-18-14-19(26-4-2)21(18)11-8-12-21;/h5-7,9-10,17-19,25H,3-4,8,11-15H2,1-2H3,(H2,22,23,24);1H. The van der Waals surface area contributed by atoms with Gasteiger partial charge in [-0.15, -0.1) is 24.0 Å². The van der Waals surface area contributed by atoms with Gasteiger partial charge >= 0.3 is 0 Å². The Morgan fingerprint density at radius 2 is 2.04 bits per heavy atom. The van der Waals surface area contributed by atoms with Gasteiger partial charge in [-0.05, 0) is 38.7 Å². The highest BCUT2D eigenvalue weighted by atomic mass is 127. The van der Waals surface area contributed by atoms with Crippen molar-refractivity contribution in [2.45, 2.75) is 64.2 Å². The van der Waals surface area contributed by atoms with Gasteiger partial charge in [-0.1, -0.05) is 36.8 Å². The third kappa shape index (κ3) is 5.35. The van der Waals surface area contributed by atoms with Crippen LogP contribution in [0.2, 0.25) is 0 Å². The Morgan fingerprint density at radius 3 is 2.63 bits per heavy atom. The van der Waals surface area contributed by atoms with Crippen LogP contribution in [0.15, 0.2) is 35.3 Å². The molecular weight excluding hydrogens is 453 g/mol. The van der Waals surface area contributed by atoms with E-state index in [0.717, 1.165) is 31.1 Å². The van der Waals surface area contributed by atoms with Gasteiger partial charge in [0.1, 0.15) is 0 Å². The maximum Gasteiger partial charge on any atom is 0.191 e. The summed E-state index contributed by atoms with van der Waals surface area (Å²) in [5.74, 6) is 0.811. The Hall–Kier alpha value is -0.860. The number of guanidine groups is 1. The number of nitrogens with one attached hydrogen (secondary N) is 2. The molecule has 2 fully saturated rings. The van der Waals surface area contributed by atoms with Crippen LogP contribution in [-0.4, -0.2) is 49.0 Å². The Balaban J connectivity index is 0.00000261. The molecule has 6 heteroatoms. The van der Waals surface area contributed by atoms with Crippen molar-refractivity contribution in [3.8, 4) is 0 Å². The molecule has 1 spiro atoms. The number of aliphatic imine (C=N–C) groups is 1. The van der Waals surface area contributed by atoms with E-state index in [-0.39, 0.29) is 24.0 Å². The summed E-state index contributed by atoms with van der Waals surface area (Å²) in [5.41, 5.74) is 1.44. The van der Waals surface area contributed by atoms with Crippen LogP contribution in [0, 0.1) is 5.41 Å². The number of aliphatic hydroxyl groups excluding tert-OH is 1. The normalized spacial score (nSPS) is 24.3. The van der Waals surface area contributed by atoms with Crippen LogP contribution in [0.5, 0.6) is 0 Å². The van der Waals surface area contributed by atoms with E-state index < -0.39 is 6.10 Å². The van der Waals surface area contributed by atoms with Crippen molar-refractivity contribution < 1.29 is 9.84 Å². The summed E-state index contributed by atoms with van der Waals surface area (Å²) in [6, 6.07) is 10.5. The lowest BCUT2D eigenvalue weighted by atomic mass is 9.51. The number of ether oxygens (including phenoxy) is 1. The van der Waals surface area contributed by atoms with Gasteiger partial charge < -0.3 is 20.5 Å². The topological polar surface area (TPSA) is 65.9 Å². The third-order valence-corrected chi connectivity index (χ3v) is 5.87. The molecule has 2 aliphatic carbocycles. The average Bonchev–Trinajstić information content (AvgIpc) is 2.58. The second-order valence-corrected chi connectivity index (χ2v) is 7.53. The van der Waals surface area contributed by atoms with Gasteiger partial charge in [0.15, 0.2) is 5.96 Å². The molecule has 0 amide bonds. The van der Waals surface area contributed by atoms with E-state index in [0.29, 0.717) is 30.5 Å². The Bertz CT molecular complexity index is 592. The molecule has 0 aliphatic heterocycles. The van der Waals surface area contributed by atoms with Gasteiger partial charge in [-0.2, -0.15) is 0 Å². The zero-order valence-electron chi connectivity index (χ0n) is 16.5. The first-order valence-corrected chi connectivity index (χ1v) is 10.1. The highest BCUT2D eigenvalue weighted by Crippen LogP contribution is 2.57. The third-order valence-electron chi connectivity index (χ3n) is 5.87. The molecule has 152 valence electrons. The summed E-state index contributed by atoms with van der Waals surface area (Å²) in [6.07, 6.45) is 5.38. The average molecular weight is 487 g/mol. The minimum Gasteiger partial charge on any atom is -0.391 e. The van der Waals surface area contributed by atoms with Crippen molar-refractivity contribution in [1.82, 2.24) is 10.6 Å². The first kappa shape index (κ1) is 22.4. The quantitative estimate of drug-likeness (QED) is 0.300. The van der Waals surface area contributed by atoms with Crippen molar-refractivity contribution >= 4 is 29.9 Å². The van der Waals surface area contributed by atoms with Crippen LogP contribution < -0.4 is 10.6 Å². The van der Waals surface area contributed by atoms with Crippen LogP contribution in [0.4, 0.5) is 0 Å². The molecular formula is C21H34IN3O2. The maximum absolute atomic E-state index is 10.3. The molecule has 0 radical (unpaired) electrons. The van der Waals surface area contributed by atoms with Crippen molar-refractivity contribution in [3.63, 3.8) is 0 Å². The molecule has 3 atom stereocenters. The van der Waals surface area contributed by atoms with E-state index in [9.17, 15) is 5.11 Å². The van der Waals surface area contributed by atoms with Crippen LogP contribution in [0.25, 0.3) is 0 Å². The lowest BCUT2D eigenvalue weighted by Gasteiger charge is -2.61. The van der Waals surface area contributed by atoms with Gasteiger partial charge in [-0.3, -0.25) is 4.99 Å². The fourth-order valence-electron chi connectivity index (χ4n) is 4.27. The second kappa shape index (κ2) is 10.6. The smallest absolute Gasteiger partial charge is 0.191 e. The molecule has 1 aromatic carbocycles. The minimum atomic E-state index is -0.469. The first-order valence-electron chi connectivity index (χ1n) is 10.1. The highest BCUT2D eigenvalue weighted by molar-refractivity contribution is 14.0. The molecule has 0 saturated heterocycles. The summed E-state index contributed by atoms with van der Waals surface area (Å²) < 4.78 is 5.93. The van der Waals surface area contributed by atoms with Gasteiger partial charge in [0.05, 0.1) is 18.8 Å². The van der Waals surface area contributed by atoms with Gasteiger partial charge in [0.25, 0.3) is 0 Å². The van der Waals surface area contributed by atoms with E-state index in [1.165, 1.54) is 19.3 Å². The lowest BCUT2D eigenvalue weighted by Crippen LogP contribution is -2.68. The number of hydrogen-bond donors (Lipinski definition) is 3. The summed E-state index contributed by atoms with van der Waals surface area (Å²) in [5, 5.41) is 17.2. The highest BCUT2D eigenvalue weighted by Gasteiger charge is 2.59. The number of halogens is 1. The molecule has 0 bridgehead atoms. The van der Waals surface area contributed by atoms with Crippen LogP contribution >= 0.6 is 24.0 Å². The summed E-state index contributed by atoms with van der Waals surface area (Å²) in [4.78, 5) is 4.63. The van der Waals surface area contributed by atoms with Gasteiger partial charge in [-0.25, -0.2) is 0 Å². The summed E-state index contributed by atoms with van der Waals surface area (Å²) in [7, 11) is 0. The van der Waals surface area contributed by atoms with E-state index in [1.807, 2.05) is 30.3 Å². The molecule has 3 rings (SSSR count). The number of benzene rings is 1. The van der Waals surface area contributed by atoms with E-state index >= 15 is 0 Å². The number of nitrogens with zero attached hydrogens (tertiary/aromatic N) is 1. The van der Waals surface area contributed by atoms with Crippen LogP contribution in [0.3, 0.4) is 0 Å². The molecule has 3 N–H and O–H groups in total. The summed E-state index contributed by atoms with van der Waals surface area (Å²) in [6.45, 7) is 6.15. The minimum absolute atomic E-state index is 0. The second-order valence-electron chi connectivity index (χ2n) is 7.53. The molecule has 5 nitrogen and oxygen atoms in total. The predicted molar refractivity (Wildman–Crippen MR) is 121 cm³/mol. The SMILES string of the molecule is CCNC(=NCC(O)Cc1ccccc1)NC1CC(OCC)C12CCC2.I. The van der Waals surface area contributed by atoms with E-state index in [1.54, 1.807) is 0 Å². The number of rotatable bonds is 8. The fraction of sp³-hybridized carbons (Fsp3) is 0.667. The predicted octanol–water partition coefficient (Wildman–Crippen LogP) is 3.11. The Labute approximate surface area is 180 Å². The van der Waals surface area contributed by atoms with Gasteiger partial charge in [0.2, 0.25) is 0 Å². The van der Waals surface area contributed by atoms with Crippen molar-refractivity contribution in [2.24, 2.45) is 10.4 Å². The van der Waals surface area contributed by atoms with Crippen LogP contribution in [-0.2, 0) is 11.2 Å². The Kier molecular flexibility index (Phi) is 8.82. The first-order chi connectivity index (χ1) is 12.7. The van der Waals surface area contributed by atoms with Gasteiger partial charge in [0, 0.05) is 31.0 Å². The molecule has 0 heterocycles. The molecule has 27 heavy (non-hydrogen) atoms. The zero-order chi connectivity index (χ0) is 18.4. The maximum atomic E-state index is 10.3. The lowest BCUT2D eigenvalue weighted by molar-refractivity contribution is -0.168. The molecule has 2 saturated carbocycles. The fourth-order valence-corrected chi connectivity index (χ4v) is 4.27. The van der Waals surface area contributed by atoms with E-state index in [2.05, 4.69) is 29.5 Å². The molecule has 1 aromatic rings. The monoisotopic (exact) mass is 487 g/mol. The largest absolute Gasteiger partial charge is 0.391 e. The molecule has 3 unspecified atom stereocenters. The van der Waals surface area contributed by atoms with Crippen LogP contribution in [0.1, 0.15) is 45.1 Å². The Morgan fingerprint density at radius 1 is 1.30 bits per heavy atom. The molecule has 0 aromatic heterocycles. The van der Waals surface area contributed by atoms with Crippen molar-refractivity contribution in [1.29, 1.82) is 0 Å². The zero-order valence-corrected chi connectivity index (χ0v) is 18.8. The molecule has 2 aliphatic rings. The van der Waals surface area contributed by atoms with Crippen molar-refractivity contribution in [3.05, 3.63) is 35.9 Å². The van der Waals surface area contributed by atoms with E-state index in [4.69, 9.17) is 4.74 Å². The summed E-state index contributed by atoms with van der Waals surface area (Å²) >= 11 is 0. The van der Waals surface area contributed by atoms with Crippen molar-refractivity contribution in [2.75, 3.05) is 19.7 Å². The number of aliphatic hydroxyl groups is 1.